The van der Waals surface area contributed by atoms with E-state index >= 15 is 0 Å². The molecule has 148 valence electrons. The maximum absolute atomic E-state index is 13.9. The normalized spacial score (nSPS) is 14.8. The number of carbonyl (C=O) groups is 1. The van der Waals surface area contributed by atoms with E-state index in [2.05, 4.69) is 36.4 Å². The van der Waals surface area contributed by atoms with Gasteiger partial charge in [0.15, 0.2) is 0 Å². The summed E-state index contributed by atoms with van der Waals surface area (Å²) >= 11 is 0. The van der Waals surface area contributed by atoms with Crippen LogP contribution < -0.4 is 0 Å². The van der Waals surface area contributed by atoms with Crippen LogP contribution in [0.25, 0.3) is 11.1 Å². The van der Waals surface area contributed by atoms with Crippen molar-refractivity contribution >= 4 is 5.91 Å². The van der Waals surface area contributed by atoms with E-state index in [1.807, 2.05) is 18.2 Å². The number of halogens is 2. The van der Waals surface area contributed by atoms with Crippen LogP contribution in [-0.4, -0.2) is 23.9 Å². The van der Waals surface area contributed by atoms with E-state index in [-0.39, 0.29) is 0 Å². The summed E-state index contributed by atoms with van der Waals surface area (Å²) in [7, 11) is 0. The quantitative estimate of drug-likeness (QED) is 0.556. The predicted molar refractivity (Wildman–Crippen MR) is 111 cm³/mol. The van der Waals surface area contributed by atoms with Gasteiger partial charge in [-0.25, -0.2) is 8.78 Å². The molecular weight excluding hydrogens is 368 g/mol. The zero-order valence-electron chi connectivity index (χ0n) is 16.2. The first-order valence-corrected chi connectivity index (χ1v) is 9.99. The Balaban J connectivity index is 1.35. The van der Waals surface area contributed by atoms with Crippen molar-refractivity contribution in [3.63, 3.8) is 0 Å². The van der Waals surface area contributed by atoms with Gasteiger partial charge in [-0.05, 0) is 54.0 Å². The Hall–Kier alpha value is -3.01. The summed E-state index contributed by atoms with van der Waals surface area (Å²) in [6, 6.07) is 22.4. The van der Waals surface area contributed by atoms with Crippen LogP contribution in [0.2, 0.25) is 0 Å². The number of carbonyl (C=O) groups excluding carboxylic acids is 1. The fraction of sp³-hybridized carbons (Fsp3) is 0.240. The van der Waals surface area contributed by atoms with Gasteiger partial charge in [-0.15, -0.1) is 0 Å². The number of hydrogen-bond acceptors (Lipinski definition) is 1. The molecule has 0 N–H and O–H groups in total. The van der Waals surface area contributed by atoms with Gasteiger partial charge in [0, 0.05) is 13.1 Å². The summed E-state index contributed by atoms with van der Waals surface area (Å²) in [6.07, 6.45) is 2.62. The monoisotopic (exact) mass is 391 g/mol. The third-order valence-corrected chi connectivity index (χ3v) is 5.66. The minimum absolute atomic E-state index is 0.442. The Kier molecular flexibility index (Phi) is 5.70. The summed E-state index contributed by atoms with van der Waals surface area (Å²) < 4.78 is 27.8. The Labute approximate surface area is 169 Å². The number of piperidine rings is 1. The number of hydrogen-bond donors (Lipinski definition) is 0. The molecular formula is C25H23F2NO. The van der Waals surface area contributed by atoms with Crippen molar-refractivity contribution in [3.05, 3.63) is 95.6 Å². The molecule has 1 saturated heterocycles. The highest BCUT2D eigenvalue weighted by Crippen LogP contribution is 2.26. The van der Waals surface area contributed by atoms with Gasteiger partial charge < -0.3 is 4.90 Å². The minimum Gasteiger partial charge on any atom is -0.338 e. The molecule has 1 heterocycles. The first-order valence-electron chi connectivity index (χ1n) is 9.99. The highest BCUT2D eigenvalue weighted by molar-refractivity contribution is 5.94. The molecule has 3 aromatic carbocycles. The van der Waals surface area contributed by atoms with Crippen molar-refractivity contribution in [2.75, 3.05) is 13.1 Å². The van der Waals surface area contributed by atoms with Crippen molar-refractivity contribution in [2.24, 2.45) is 5.92 Å². The van der Waals surface area contributed by atoms with Gasteiger partial charge in [-0.3, -0.25) is 4.79 Å². The average Bonchev–Trinajstić information content (AvgIpc) is 2.75. The standard InChI is InChI=1S/C25H23F2NO/c26-22-7-4-8-23(27)24(22)25(29)28-15-13-19(14-16-28)17-18-9-11-21(12-10-18)20-5-2-1-3-6-20/h1-12,19H,13-17H2. The van der Waals surface area contributed by atoms with E-state index < -0.39 is 23.1 Å². The van der Waals surface area contributed by atoms with E-state index in [1.54, 1.807) is 4.90 Å². The molecule has 4 heteroatoms. The SMILES string of the molecule is O=C(c1c(F)cccc1F)N1CCC(Cc2ccc(-c3ccccc3)cc2)CC1. The van der Waals surface area contributed by atoms with Crippen molar-refractivity contribution < 1.29 is 13.6 Å². The highest BCUT2D eigenvalue weighted by atomic mass is 19.1. The lowest BCUT2D eigenvalue weighted by Crippen LogP contribution is -2.39. The van der Waals surface area contributed by atoms with Crippen LogP contribution in [0, 0.1) is 17.6 Å². The summed E-state index contributed by atoms with van der Waals surface area (Å²) in [5.41, 5.74) is 3.23. The van der Waals surface area contributed by atoms with Gasteiger partial charge in [0.2, 0.25) is 0 Å². The van der Waals surface area contributed by atoms with Crippen LogP contribution in [0.1, 0.15) is 28.8 Å². The van der Waals surface area contributed by atoms with Gasteiger partial charge >= 0.3 is 0 Å². The molecule has 1 aliphatic rings. The summed E-state index contributed by atoms with van der Waals surface area (Å²) in [6.45, 7) is 1.05. The van der Waals surface area contributed by atoms with E-state index in [0.717, 1.165) is 31.4 Å². The Morgan fingerprint density at radius 3 is 2.00 bits per heavy atom. The van der Waals surface area contributed by atoms with Crippen LogP contribution in [-0.2, 0) is 6.42 Å². The molecule has 0 saturated carbocycles. The van der Waals surface area contributed by atoms with Crippen molar-refractivity contribution in [1.29, 1.82) is 0 Å². The molecule has 2 nitrogen and oxygen atoms in total. The maximum Gasteiger partial charge on any atom is 0.259 e. The first kappa shape index (κ1) is 19.3. The molecule has 0 unspecified atom stereocenters. The van der Waals surface area contributed by atoms with Crippen LogP contribution >= 0.6 is 0 Å². The maximum atomic E-state index is 13.9. The zero-order chi connectivity index (χ0) is 20.2. The van der Waals surface area contributed by atoms with Crippen molar-refractivity contribution in [2.45, 2.75) is 19.3 Å². The number of nitrogens with zero attached hydrogens (tertiary/aromatic N) is 1. The third-order valence-electron chi connectivity index (χ3n) is 5.66. The van der Waals surface area contributed by atoms with Crippen LogP contribution in [0.3, 0.4) is 0 Å². The van der Waals surface area contributed by atoms with Crippen LogP contribution in [0.15, 0.2) is 72.8 Å². The molecule has 29 heavy (non-hydrogen) atoms. The number of rotatable bonds is 4. The van der Waals surface area contributed by atoms with Crippen LogP contribution in [0.5, 0.6) is 0 Å². The fourth-order valence-electron chi connectivity index (χ4n) is 4.00. The van der Waals surface area contributed by atoms with Gasteiger partial charge in [-0.1, -0.05) is 60.7 Å². The van der Waals surface area contributed by atoms with E-state index in [9.17, 15) is 13.6 Å². The van der Waals surface area contributed by atoms with Crippen molar-refractivity contribution in [3.8, 4) is 11.1 Å². The lowest BCUT2D eigenvalue weighted by molar-refractivity contribution is 0.0680. The van der Waals surface area contributed by atoms with E-state index in [4.69, 9.17) is 0 Å². The smallest absolute Gasteiger partial charge is 0.259 e. The van der Waals surface area contributed by atoms with Gasteiger partial charge in [0.25, 0.3) is 5.91 Å². The number of likely N-dealkylation sites (tertiary alicyclic amines) is 1. The zero-order valence-corrected chi connectivity index (χ0v) is 16.2. The van der Waals surface area contributed by atoms with Crippen molar-refractivity contribution in [1.82, 2.24) is 4.90 Å². The highest BCUT2D eigenvalue weighted by Gasteiger charge is 2.27. The lowest BCUT2D eigenvalue weighted by atomic mass is 9.89. The molecule has 0 spiro atoms. The molecule has 0 atom stereocenters. The third kappa shape index (κ3) is 4.37. The molecule has 3 aromatic rings. The summed E-state index contributed by atoms with van der Waals surface area (Å²) in [4.78, 5) is 14.1. The number of amides is 1. The second-order valence-corrected chi connectivity index (χ2v) is 7.60. The Morgan fingerprint density at radius 2 is 1.38 bits per heavy atom. The Morgan fingerprint density at radius 1 is 0.793 bits per heavy atom. The molecule has 4 rings (SSSR count). The molecule has 0 aliphatic carbocycles. The molecule has 1 amide bonds. The summed E-state index contributed by atoms with van der Waals surface area (Å²) in [5.74, 6) is -1.68. The van der Waals surface area contributed by atoms with Gasteiger partial charge in [0.1, 0.15) is 17.2 Å². The lowest BCUT2D eigenvalue weighted by Gasteiger charge is -2.32. The molecule has 1 fully saturated rings. The predicted octanol–water partition coefficient (Wildman–Crippen LogP) is 5.73. The van der Waals surface area contributed by atoms with Gasteiger partial charge in [0.05, 0.1) is 0 Å². The fourth-order valence-corrected chi connectivity index (χ4v) is 4.00. The largest absolute Gasteiger partial charge is 0.338 e. The Bertz CT molecular complexity index is 957. The van der Waals surface area contributed by atoms with Gasteiger partial charge in [-0.2, -0.15) is 0 Å². The number of benzene rings is 3. The van der Waals surface area contributed by atoms with E-state index in [0.29, 0.717) is 19.0 Å². The molecule has 0 radical (unpaired) electrons. The second kappa shape index (κ2) is 8.56. The average molecular weight is 391 g/mol. The molecule has 0 aromatic heterocycles. The minimum atomic E-state index is -0.796. The second-order valence-electron chi connectivity index (χ2n) is 7.60. The van der Waals surface area contributed by atoms with E-state index in [1.165, 1.54) is 22.8 Å². The molecule has 0 bridgehead atoms. The van der Waals surface area contributed by atoms with Crippen LogP contribution in [0.4, 0.5) is 8.78 Å². The topological polar surface area (TPSA) is 20.3 Å². The molecule has 1 aliphatic heterocycles. The summed E-state index contributed by atoms with van der Waals surface area (Å²) in [5, 5.41) is 0. The first-order chi connectivity index (χ1) is 14.1.